The molecule has 0 N–H and O–H groups in total. The van der Waals surface area contributed by atoms with Gasteiger partial charge in [-0.25, -0.2) is 0 Å². The molecule has 14 heavy (non-hydrogen) atoms. The third kappa shape index (κ3) is 1.45. The van der Waals surface area contributed by atoms with E-state index in [9.17, 15) is 4.79 Å². The number of carbonyl (C=O) groups excluding carboxylic acids is 1. The summed E-state index contributed by atoms with van der Waals surface area (Å²) in [5, 5.41) is 0. The minimum atomic E-state index is -0.0375. The Balaban J connectivity index is 2.32. The lowest BCUT2D eigenvalue weighted by Crippen LogP contribution is -1.97. The van der Waals surface area contributed by atoms with Crippen molar-refractivity contribution < 1.29 is 14.3 Å². The molecular formula is C11H12O3. The summed E-state index contributed by atoms with van der Waals surface area (Å²) in [6.45, 7) is 2.26. The fourth-order valence-electron chi connectivity index (χ4n) is 1.55. The van der Waals surface area contributed by atoms with Crippen molar-refractivity contribution >= 4 is 6.29 Å². The van der Waals surface area contributed by atoms with Gasteiger partial charge in [-0.1, -0.05) is 13.0 Å². The molecule has 0 fully saturated rings. The molecule has 0 radical (unpaired) electrons. The van der Waals surface area contributed by atoms with Crippen molar-refractivity contribution in [1.82, 2.24) is 0 Å². The highest BCUT2D eigenvalue weighted by Gasteiger charge is 2.16. The minimum Gasteiger partial charge on any atom is -0.454 e. The van der Waals surface area contributed by atoms with E-state index in [1.54, 1.807) is 0 Å². The Morgan fingerprint density at radius 2 is 2.21 bits per heavy atom. The standard InChI is InChI=1S/C11H12O3/c1-2-8(6-12)9-3-4-10-11(5-9)14-7-13-10/h3-6,8H,2,7H2,1H3. The number of hydrogen-bond acceptors (Lipinski definition) is 3. The summed E-state index contributed by atoms with van der Waals surface area (Å²) >= 11 is 0. The maximum atomic E-state index is 10.8. The largest absolute Gasteiger partial charge is 0.454 e. The molecule has 74 valence electrons. The lowest BCUT2D eigenvalue weighted by molar-refractivity contribution is -0.109. The van der Waals surface area contributed by atoms with Gasteiger partial charge in [0.2, 0.25) is 6.79 Å². The van der Waals surface area contributed by atoms with E-state index in [4.69, 9.17) is 9.47 Å². The molecule has 0 saturated heterocycles. The molecule has 0 aromatic heterocycles. The van der Waals surface area contributed by atoms with Crippen LogP contribution in [0.25, 0.3) is 0 Å². The van der Waals surface area contributed by atoms with Crippen molar-refractivity contribution in [3.8, 4) is 11.5 Å². The number of rotatable bonds is 3. The molecule has 1 aliphatic heterocycles. The number of benzene rings is 1. The summed E-state index contributed by atoms with van der Waals surface area (Å²) in [5.74, 6) is 1.46. The summed E-state index contributed by atoms with van der Waals surface area (Å²) < 4.78 is 10.4. The Morgan fingerprint density at radius 3 is 2.93 bits per heavy atom. The lowest BCUT2D eigenvalue weighted by atomic mass is 9.98. The van der Waals surface area contributed by atoms with Gasteiger partial charge in [-0.3, -0.25) is 0 Å². The first-order valence-electron chi connectivity index (χ1n) is 4.70. The van der Waals surface area contributed by atoms with Crippen LogP contribution in [0.1, 0.15) is 24.8 Å². The number of carbonyl (C=O) groups is 1. The average Bonchev–Trinajstić information content (AvgIpc) is 2.66. The van der Waals surface area contributed by atoms with Crippen LogP contribution in [0.5, 0.6) is 11.5 Å². The number of aldehydes is 1. The van der Waals surface area contributed by atoms with Crippen LogP contribution in [0.4, 0.5) is 0 Å². The van der Waals surface area contributed by atoms with E-state index in [1.807, 2.05) is 25.1 Å². The monoisotopic (exact) mass is 192 g/mol. The topological polar surface area (TPSA) is 35.5 Å². The zero-order valence-electron chi connectivity index (χ0n) is 8.03. The first-order valence-corrected chi connectivity index (χ1v) is 4.70. The van der Waals surface area contributed by atoms with Crippen LogP contribution in [0, 0.1) is 0 Å². The fourth-order valence-corrected chi connectivity index (χ4v) is 1.55. The molecule has 0 amide bonds. The average molecular weight is 192 g/mol. The number of fused-ring (bicyclic) bond motifs is 1. The van der Waals surface area contributed by atoms with Crippen LogP contribution in [0.2, 0.25) is 0 Å². The Bertz CT molecular complexity index is 346. The lowest BCUT2D eigenvalue weighted by Gasteiger charge is -2.07. The van der Waals surface area contributed by atoms with Crippen LogP contribution >= 0.6 is 0 Å². The van der Waals surface area contributed by atoms with E-state index in [0.29, 0.717) is 0 Å². The number of hydrogen-bond donors (Lipinski definition) is 0. The fraction of sp³-hybridized carbons (Fsp3) is 0.364. The zero-order chi connectivity index (χ0) is 9.97. The molecule has 1 aromatic carbocycles. The second-order valence-corrected chi connectivity index (χ2v) is 3.26. The van der Waals surface area contributed by atoms with Crippen LogP contribution in [0.15, 0.2) is 18.2 Å². The van der Waals surface area contributed by atoms with Crippen molar-refractivity contribution in [2.24, 2.45) is 0 Å². The second-order valence-electron chi connectivity index (χ2n) is 3.26. The summed E-state index contributed by atoms with van der Waals surface area (Å²) in [4.78, 5) is 10.8. The normalized spacial score (nSPS) is 15.2. The van der Waals surface area contributed by atoms with E-state index in [2.05, 4.69) is 0 Å². The third-order valence-electron chi connectivity index (χ3n) is 2.43. The molecule has 1 unspecified atom stereocenters. The first kappa shape index (κ1) is 9.06. The highest BCUT2D eigenvalue weighted by molar-refractivity contribution is 5.63. The molecular weight excluding hydrogens is 180 g/mol. The van der Waals surface area contributed by atoms with Gasteiger partial charge in [0.25, 0.3) is 0 Å². The van der Waals surface area contributed by atoms with E-state index in [0.717, 1.165) is 29.8 Å². The molecule has 1 aliphatic rings. The van der Waals surface area contributed by atoms with Crippen LogP contribution in [-0.4, -0.2) is 13.1 Å². The number of ether oxygens (including phenoxy) is 2. The summed E-state index contributed by atoms with van der Waals surface area (Å²) in [6, 6.07) is 5.64. The van der Waals surface area contributed by atoms with Gasteiger partial charge in [0, 0.05) is 5.92 Å². The highest BCUT2D eigenvalue weighted by atomic mass is 16.7. The molecule has 1 heterocycles. The van der Waals surface area contributed by atoms with Crippen LogP contribution in [0.3, 0.4) is 0 Å². The van der Waals surface area contributed by atoms with Gasteiger partial charge in [0.15, 0.2) is 11.5 Å². The second kappa shape index (κ2) is 3.70. The highest BCUT2D eigenvalue weighted by Crippen LogP contribution is 2.34. The minimum absolute atomic E-state index is 0.0375. The van der Waals surface area contributed by atoms with Gasteiger partial charge in [-0.15, -0.1) is 0 Å². The van der Waals surface area contributed by atoms with Crippen molar-refractivity contribution in [1.29, 1.82) is 0 Å². The third-order valence-corrected chi connectivity index (χ3v) is 2.43. The Labute approximate surface area is 82.6 Å². The predicted molar refractivity (Wildman–Crippen MR) is 51.7 cm³/mol. The van der Waals surface area contributed by atoms with Crippen molar-refractivity contribution in [3.63, 3.8) is 0 Å². The van der Waals surface area contributed by atoms with E-state index in [-0.39, 0.29) is 12.7 Å². The quantitative estimate of drug-likeness (QED) is 0.688. The molecule has 3 heteroatoms. The summed E-state index contributed by atoms with van der Waals surface area (Å²) in [5.41, 5.74) is 0.992. The van der Waals surface area contributed by atoms with Crippen molar-refractivity contribution in [2.45, 2.75) is 19.3 Å². The molecule has 1 aromatic rings. The van der Waals surface area contributed by atoms with E-state index >= 15 is 0 Å². The molecule has 0 spiro atoms. The van der Waals surface area contributed by atoms with Crippen LogP contribution in [-0.2, 0) is 4.79 Å². The molecule has 0 bridgehead atoms. The van der Waals surface area contributed by atoms with Crippen molar-refractivity contribution in [3.05, 3.63) is 23.8 Å². The Hall–Kier alpha value is -1.51. The Kier molecular flexibility index (Phi) is 2.39. The SMILES string of the molecule is CCC(C=O)c1ccc2c(c1)OCO2. The molecule has 3 nitrogen and oxygen atoms in total. The van der Waals surface area contributed by atoms with Gasteiger partial charge in [-0.05, 0) is 24.1 Å². The van der Waals surface area contributed by atoms with E-state index in [1.165, 1.54) is 0 Å². The van der Waals surface area contributed by atoms with Gasteiger partial charge < -0.3 is 14.3 Å². The smallest absolute Gasteiger partial charge is 0.231 e. The predicted octanol–water partition coefficient (Wildman–Crippen LogP) is 2.11. The maximum absolute atomic E-state index is 10.8. The van der Waals surface area contributed by atoms with Gasteiger partial charge in [0.05, 0.1) is 0 Å². The summed E-state index contributed by atoms with van der Waals surface area (Å²) in [6.07, 6.45) is 1.78. The molecule has 0 aliphatic carbocycles. The maximum Gasteiger partial charge on any atom is 0.231 e. The molecule has 0 saturated carbocycles. The van der Waals surface area contributed by atoms with Crippen LogP contribution < -0.4 is 9.47 Å². The van der Waals surface area contributed by atoms with E-state index < -0.39 is 0 Å². The summed E-state index contributed by atoms with van der Waals surface area (Å²) in [7, 11) is 0. The van der Waals surface area contributed by atoms with Crippen molar-refractivity contribution in [2.75, 3.05) is 6.79 Å². The van der Waals surface area contributed by atoms with Gasteiger partial charge >= 0.3 is 0 Å². The first-order chi connectivity index (χ1) is 6.85. The zero-order valence-corrected chi connectivity index (χ0v) is 8.03. The molecule has 2 rings (SSSR count). The Morgan fingerprint density at radius 1 is 1.43 bits per heavy atom. The van der Waals surface area contributed by atoms with Gasteiger partial charge in [-0.2, -0.15) is 0 Å². The van der Waals surface area contributed by atoms with Gasteiger partial charge in [0.1, 0.15) is 6.29 Å². The molecule has 1 atom stereocenters.